The number of rotatable bonds is 3. The summed E-state index contributed by atoms with van der Waals surface area (Å²) in [7, 11) is 0. The highest BCUT2D eigenvalue weighted by Crippen LogP contribution is 2.28. The van der Waals surface area contributed by atoms with Crippen molar-refractivity contribution < 1.29 is 22.7 Å². The van der Waals surface area contributed by atoms with E-state index in [9.17, 15) is 18.0 Å². The monoisotopic (exact) mass is 266 g/mol. The van der Waals surface area contributed by atoms with Crippen LogP contribution in [-0.2, 0) is 0 Å². The van der Waals surface area contributed by atoms with Crippen molar-refractivity contribution >= 4 is 5.78 Å². The Hall–Kier alpha value is -2.30. The lowest BCUT2D eigenvalue weighted by Crippen LogP contribution is -2.01. The van der Waals surface area contributed by atoms with Crippen LogP contribution in [0.3, 0.4) is 0 Å². The molecule has 0 bridgehead atoms. The van der Waals surface area contributed by atoms with Gasteiger partial charge in [-0.05, 0) is 19.1 Å². The molecule has 98 valence electrons. The molecule has 0 aliphatic heterocycles. The maximum atomic E-state index is 13.5. The number of benzene rings is 2. The summed E-state index contributed by atoms with van der Waals surface area (Å²) in [5.74, 6) is -3.17. The van der Waals surface area contributed by atoms with E-state index in [4.69, 9.17) is 4.74 Å². The van der Waals surface area contributed by atoms with Crippen LogP contribution in [0.5, 0.6) is 11.5 Å². The first-order valence-corrected chi connectivity index (χ1v) is 5.41. The van der Waals surface area contributed by atoms with Crippen LogP contribution in [0, 0.1) is 17.5 Å². The molecule has 2 nitrogen and oxygen atoms in total. The van der Waals surface area contributed by atoms with Crippen LogP contribution >= 0.6 is 0 Å². The number of ether oxygens (including phenoxy) is 1. The van der Waals surface area contributed by atoms with Crippen molar-refractivity contribution in [1.82, 2.24) is 0 Å². The molecule has 0 fully saturated rings. The van der Waals surface area contributed by atoms with Crippen LogP contribution in [0.1, 0.15) is 17.3 Å². The van der Waals surface area contributed by atoms with Crippen LogP contribution in [0.25, 0.3) is 0 Å². The number of hydrogen-bond donors (Lipinski definition) is 0. The Morgan fingerprint density at radius 3 is 2.26 bits per heavy atom. The second-order valence-corrected chi connectivity index (χ2v) is 3.88. The van der Waals surface area contributed by atoms with Crippen molar-refractivity contribution in [2.75, 3.05) is 0 Å². The lowest BCUT2D eigenvalue weighted by atomic mass is 10.1. The highest BCUT2D eigenvalue weighted by molar-refractivity contribution is 5.97. The fourth-order valence-corrected chi connectivity index (χ4v) is 1.65. The van der Waals surface area contributed by atoms with E-state index in [0.717, 1.165) is 18.2 Å². The molecule has 2 aromatic rings. The topological polar surface area (TPSA) is 26.3 Å². The number of carbonyl (C=O) groups excluding carboxylic acids is 1. The van der Waals surface area contributed by atoms with Crippen LogP contribution in [0.2, 0.25) is 0 Å². The molecule has 0 N–H and O–H groups in total. The van der Waals surface area contributed by atoms with Crippen molar-refractivity contribution in [1.29, 1.82) is 0 Å². The molecule has 0 aliphatic rings. The average Bonchev–Trinajstić information content (AvgIpc) is 2.26. The molecule has 0 atom stereocenters. The molecule has 0 radical (unpaired) electrons. The average molecular weight is 266 g/mol. The second-order valence-electron chi connectivity index (χ2n) is 3.88. The largest absolute Gasteiger partial charge is 0.456 e. The van der Waals surface area contributed by atoms with Gasteiger partial charge >= 0.3 is 0 Å². The van der Waals surface area contributed by atoms with E-state index in [1.807, 2.05) is 0 Å². The third-order valence-electron chi connectivity index (χ3n) is 2.39. The van der Waals surface area contributed by atoms with E-state index >= 15 is 0 Å². The Morgan fingerprint density at radius 2 is 1.68 bits per heavy atom. The van der Waals surface area contributed by atoms with Gasteiger partial charge in [-0.3, -0.25) is 4.79 Å². The van der Waals surface area contributed by atoms with Crippen molar-refractivity contribution in [3.63, 3.8) is 0 Å². The van der Waals surface area contributed by atoms with Crippen LogP contribution in [0.15, 0.2) is 36.4 Å². The predicted molar refractivity (Wildman–Crippen MR) is 62.8 cm³/mol. The summed E-state index contributed by atoms with van der Waals surface area (Å²) in [4.78, 5) is 11.3. The Morgan fingerprint density at radius 1 is 1.05 bits per heavy atom. The van der Waals surface area contributed by atoms with Gasteiger partial charge in [-0.2, -0.15) is 0 Å². The zero-order valence-corrected chi connectivity index (χ0v) is 9.91. The molecule has 0 spiro atoms. The van der Waals surface area contributed by atoms with Crippen molar-refractivity contribution in [2.24, 2.45) is 0 Å². The molecule has 19 heavy (non-hydrogen) atoms. The highest BCUT2D eigenvalue weighted by Gasteiger charge is 2.15. The smallest absolute Gasteiger partial charge is 0.166 e. The maximum Gasteiger partial charge on any atom is 0.166 e. The number of carbonyl (C=O) groups is 1. The van der Waals surface area contributed by atoms with E-state index in [0.29, 0.717) is 6.07 Å². The van der Waals surface area contributed by atoms with Crippen LogP contribution in [-0.4, -0.2) is 5.78 Å². The SMILES string of the molecule is CC(=O)c1c(F)cccc1Oc1cc(F)cc(F)c1. The molecule has 0 unspecified atom stereocenters. The third kappa shape index (κ3) is 2.93. The zero-order chi connectivity index (χ0) is 14.0. The molecule has 5 heteroatoms. The molecule has 0 aromatic heterocycles. The minimum atomic E-state index is -0.823. The first-order chi connectivity index (χ1) is 8.97. The summed E-state index contributed by atoms with van der Waals surface area (Å²) in [6.45, 7) is 1.18. The molecule has 2 aromatic carbocycles. The summed E-state index contributed by atoms with van der Waals surface area (Å²) < 4.78 is 44.7. The van der Waals surface area contributed by atoms with Crippen LogP contribution in [0.4, 0.5) is 13.2 Å². The summed E-state index contributed by atoms with van der Waals surface area (Å²) in [6, 6.07) is 6.37. The highest BCUT2D eigenvalue weighted by atomic mass is 19.1. The van der Waals surface area contributed by atoms with Gasteiger partial charge < -0.3 is 4.74 Å². The fourth-order valence-electron chi connectivity index (χ4n) is 1.65. The minimum Gasteiger partial charge on any atom is -0.456 e. The first-order valence-electron chi connectivity index (χ1n) is 5.41. The lowest BCUT2D eigenvalue weighted by Gasteiger charge is -2.10. The molecular weight excluding hydrogens is 257 g/mol. The molecule has 0 saturated heterocycles. The summed E-state index contributed by atoms with van der Waals surface area (Å²) in [5, 5.41) is 0. The van der Waals surface area contributed by atoms with Gasteiger partial charge in [-0.15, -0.1) is 0 Å². The van der Waals surface area contributed by atoms with Gasteiger partial charge in [0.1, 0.15) is 29.0 Å². The molecule has 0 aliphatic carbocycles. The summed E-state index contributed by atoms with van der Waals surface area (Å²) in [5.41, 5.74) is -0.257. The standard InChI is InChI=1S/C14H9F3O2/c1-8(18)14-12(17)3-2-4-13(14)19-11-6-9(15)5-10(16)7-11/h2-7H,1H3. The first kappa shape index (κ1) is 13.1. The number of hydrogen-bond acceptors (Lipinski definition) is 2. The Bertz CT molecular complexity index is 618. The van der Waals surface area contributed by atoms with Crippen molar-refractivity contribution in [2.45, 2.75) is 6.92 Å². The maximum absolute atomic E-state index is 13.5. The Balaban J connectivity index is 2.43. The van der Waals surface area contributed by atoms with Gasteiger partial charge in [0.2, 0.25) is 0 Å². The van der Waals surface area contributed by atoms with Gasteiger partial charge in [0.25, 0.3) is 0 Å². The van der Waals surface area contributed by atoms with E-state index in [1.165, 1.54) is 19.1 Å². The summed E-state index contributed by atoms with van der Waals surface area (Å²) in [6.07, 6.45) is 0. The Kier molecular flexibility index (Phi) is 3.55. The van der Waals surface area contributed by atoms with E-state index in [2.05, 4.69) is 0 Å². The van der Waals surface area contributed by atoms with Gasteiger partial charge in [-0.25, -0.2) is 13.2 Å². The molecular formula is C14H9F3O2. The lowest BCUT2D eigenvalue weighted by molar-refractivity contribution is 0.101. The van der Waals surface area contributed by atoms with Gasteiger partial charge in [0, 0.05) is 18.2 Å². The van der Waals surface area contributed by atoms with Crippen molar-refractivity contribution in [3.05, 3.63) is 59.4 Å². The van der Waals surface area contributed by atoms with Crippen molar-refractivity contribution in [3.8, 4) is 11.5 Å². The normalized spacial score (nSPS) is 10.3. The van der Waals surface area contributed by atoms with Crippen LogP contribution < -0.4 is 4.74 Å². The van der Waals surface area contributed by atoms with E-state index in [1.54, 1.807) is 0 Å². The fraction of sp³-hybridized carbons (Fsp3) is 0.0714. The number of ketones is 1. The second kappa shape index (κ2) is 5.14. The number of halogens is 3. The zero-order valence-electron chi connectivity index (χ0n) is 9.91. The molecule has 0 heterocycles. The van der Waals surface area contributed by atoms with E-state index < -0.39 is 23.2 Å². The van der Waals surface area contributed by atoms with Gasteiger partial charge in [0.05, 0.1) is 5.56 Å². The third-order valence-corrected chi connectivity index (χ3v) is 2.39. The summed E-state index contributed by atoms with van der Waals surface area (Å²) >= 11 is 0. The quantitative estimate of drug-likeness (QED) is 0.782. The van der Waals surface area contributed by atoms with Gasteiger partial charge in [0.15, 0.2) is 5.78 Å². The minimum absolute atomic E-state index is 0.0856. The molecule has 0 saturated carbocycles. The van der Waals surface area contributed by atoms with E-state index in [-0.39, 0.29) is 17.1 Å². The molecule has 2 rings (SSSR count). The Labute approximate surface area is 107 Å². The molecule has 0 amide bonds. The van der Waals surface area contributed by atoms with Gasteiger partial charge in [-0.1, -0.05) is 6.07 Å². The number of Topliss-reactive ketones (excluding diaryl/α,β-unsaturated/α-hetero) is 1. The predicted octanol–water partition coefficient (Wildman–Crippen LogP) is 4.10.